The smallest absolute Gasteiger partial charge is 0.0771 e. The summed E-state index contributed by atoms with van der Waals surface area (Å²) < 4.78 is 1.46. The Morgan fingerprint density at radius 3 is 1.58 bits per heavy atom. The number of aryl methyl sites for hydroxylation is 4. The fourth-order valence-corrected chi connectivity index (χ4v) is 5.96. The van der Waals surface area contributed by atoms with Crippen molar-refractivity contribution < 1.29 is 24.2 Å². The SMILES string of the molecule is Cc1ccc([C](=[Zr+2])c2ccc(C)cc2C)c(C)c1.[C-]1=CC=CC1.c1ccc2c(c1)[cH-]c1ccccc12. The summed E-state index contributed by atoms with van der Waals surface area (Å²) in [5.41, 5.74) is 8.21. The van der Waals surface area contributed by atoms with Crippen LogP contribution in [0.3, 0.4) is 0 Å². The van der Waals surface area contributed by atoms with Gasteiger partial charge in [0, 0.05) is 0 Å². The third-order valence-electron chi connectivity index (χ3n) is 6.41. The second kappa shape index (κ2) is 12.3. The number of benzene rings is 4. The molecule has 0 saturated carbocycles. The zero-order valence-corrected chi connectivity index (χ0v) is 24.1. The zero-order chi connectivity index (χ0) is 25.5. The van der Waals surface area contributed by atoms with Gasteiger partial charge in [0.25, 0.3) is 0 Å². The predicted octanol–water partition coefficient (Wildman–Crippen LogP) is 9.05. The van der Waals surface area contributed by atoms with Crippen molar-refractivity contribution in [3.05, 3.63) is 149 Å². The number of fused-ring (bicyclic) bond motifs is 3. The van der Waals surface area contributed by atoms with Crippen LogP contribution < -0.4 is 0 Å². The summed E-state index contributed by atoms with van der Waals surface area (Å²) in [5.74, 6) is 0. The van der Waals surface area contributed by atoms with Crippen molar-refractivity contribution >= 4 is 24.8 Å². The molecule has 36 heavy (non-hydrogen) atoms. The molecule has 1 aliphatic carbocycles. The molecule has 0 radical (unpaired) electrons. The maximum absolute atomic E-state index is 2.99. The van der Waals surface area contributed by atoms with Gasteiger partial charge in [-0.1, -0.05) is 36.4 Å². The van der Waals surface area contributed by atoms with E-state index in [-0.39, 0.29) is 0 Å². The van der Waals surface area contributed by atoms with E-state index in [9.17, 15) is 0 Å². The van der Waals surface area contributed by atoms with Gasteiger partial charge in [0.2, 0.25) is 0 Å². The number of hydrogen-bond donors (Lipinski definition) is 0. The summed E-state index contributed by atoms with van der Waals surface area (Å²) in [6.45, 7) is 8.71. The van der Waals surface area contributed by atoms with Gasteiger partial charge in [-0.2, -0.15) is 6.08 Å². The van der Waals surface area contributed by atoms with E-state index >= 15 is 0 Å². The van der Waals surface area contributed by atoms with Crippen LogP contribution in [0, 0.1) is 33.8 Å². The van der Waals surface area contributed by atoms with Gasteiger partial charge < -0.3 is 0 Å². The van der Waals surface area contributed by atoms with Crippen molar-refractivity contribution in [3.8, 4) is 0 Å². The molecule has 6 rings (SSSR count). The van der Waals surface area contributed by atoms with Gasteiger partial charge in [0.15, 0.2) is 0 Å². The van der Waals surface area contributed by atoms with Gasteiger partial charge >= 0.3 is 125 Å². The molecule has 1 heteroatoms. The first kappa shape index (κ1) is 26.1. The number of hydrogen-bond acceptors (Lipinski definition) is 0. The van der Waals surface area contributed by atoms with E-state index in [0.717, 1.165) is 6.42 Å². The number of rotatable bonds is 2. The summed E-state index contributed by atoms with van der Waals surface area (Å²) in [6.07, 6.45) is 10.0. The molecular weight excluding hydrogens is 512 g/mol. The van der Waals surface area contributed by atoms with Gasteiger partial charge in [-0.05, 0) is 0 Å². The van der Waals surface area contributed by atoms with Crippen LogP contribution in [0.5, 0.6) is 0 Å². The molecular formula is C35H32Zr. The maximum Gasteiger partial charge on any atom is -0.0771 e. The fourth-order valence-electron chi connectivity index (χ4n) is 4.58. The minimum atomic E-state index is 1.01. The van der Waals surface area contributed by atoms with Crippen LogP contribution in [0.2, 0.25) is 0 Å². The van der Waals surface area contributed by atoms with Crippen LogP contribution in [0.15, 0.2) is 109 Å². The molecule has 0 aromatic heterocycles. The third kappa shape index (κ3) is 6.40. The average Bonchev–Trinajstić information content (AvgIpc) is 3.56. The van der Waals surface area contributed by atoms with E-state index in [1.807, 2.05) is 12.2 Å². The predicted molar refractivity (Wildman–Crippen MR) is 154 cm³/mol. The first-order chi connectivity index (χ1) is 17.4. The molecule has 0 nitrogen and oxygen atoms in total. The fraction of sp³-hybridized carbons (Fsp3) is 0.143. The van der Waals surface area contributed by atoms with Gasteiger partial charge in [-0.15, -0.1) is 46.2 Å². The van der Waals surface area contributed by atoms with Crippen molar-refractivity contribution in [2.24, 2.45) is 0 Å². The molecule has 5 aromatic rings. The van der Waals surface area contributed by atoms with Crippen molar-refractivity contribution in [1.82, 2.24) is 0 Å². The second-order valence-corrected chi connectivity index (χ2v) is 10.6. The van der Waals surface area contributed by atoms with Gasteiger partial charge in [-0.3, -0.25) is 6.08 Å². The Morgan fingerprint density at radius 2 is 1.19 bits per heavy atom. The van der Waals surface area contributed by atoms with Gasteiger partial charge in [0.1, 0.15) is 0 Å². The Morgan fingerprint density at radius 1 is 0.694 bits per heavy atom. The first-order valence-corrected chi connectivity index (χ1v) is 13.7. The van der Waals surface area contributed by atoms with E-state index in [1.54, 1.807) is 0 Å². The summed E-state index contributed by atoms with van der Waals surface area (Å²) in [5, 5.41) is 5.39. The van der Waals surface area contributed by atoms with Crippen molar-refractivity contribution in [1.29, 1.82) is 0 Å². The van der Waals surface area contributed by atoms with Crippen LogP contribution >= 0.6 is 0 Å². The zero-order valence-electron chi connectivity index (χ0n) is 21.6. The summed E-state index contributed by atoms with van der Waals surface area (Å²) >= 11 is 1.48. The molecule has 5 aromatic carbocycles. The second-order valence-electron chi connectivity index (χ2n) is 9.33. The quantitative estimate of drug-likeness (QED) is 0.195. The average molecular weight is 544 g/mol. The molecule has 0 spiro atoms. The Hall–Kier alpha value is -3.02. The Bertz CT molecular complexity index is 1440. The molecule has 0 aliphatic heterocycles. The monoisotopic (exact) mass is 542 g/mol. The van der Waals surface area contributed by atoms with Gasteiger partial charge in [0.05, 0.1) is 0 Å². The van der Waals surface area contributed by atoms with Crippen molar-refractivity contribution in [2.45, 2.75) is 34.1 Å². The molecule has 0 unspecified atom stereocenters. The van der Waals surface area contributed by atoms with E-state index in [2.05, 4.69) is 131 Å². The molecule has 176 valence electrons. The van der Waals surface area contributed by atoms with Gasteiger partial charge in [-0.25, -0.2) is 12.2 Å². The normalized spacial score (nSPS) is 11.7. The molecule has 0 saturated heterocycles. The van der Waals surface area contributed by atoms with Crippen LogP contribution in [0.4, 0.5) is 0 Å². The number of allylic oxidation sites excluding steroid dienone is 4. The van der Waals surface area contributed by atoms with Crippen LogP contribution in [0.25, 0.3) is 21.5 Å². The molecule has 0 heterocycles. The molecule has 0 atom stereocenters. The summed E-state index contributed by atoms with van der Waals surface area (Å²) in [4.78, 5) is 0. The molecule has 0 N–H and O–H groups in total. The van der Waals surface area contributed by atoms with Crippen molar-refractivity contribution in [3.63, 3.8) is 0 Å². The molecule has 0 amide bonds. The minimum absolute atomic E-state index is 1.01. The first-order valence-electron chi connectivity index (χ1n) is 12.4. The van der Waals surface area contributed by atoms with Crippen LogP contribution in [-0.2, 0) is 24.2 Å². The topological polar surface area (TPSA) is 0 Å². The van der Waals surface area contributed by atoms with Crippen LogP contribution in [0.1, 0.15) is 39.8 Å². The Kier molecular flexibility index (Phi) is 8.90. The standard InChI is InChI=1S/C17H18.C13H9.C5H5.Zr/c1-12-5-7-16(14(3)9-12)11-17-8-6-13(2)10-15(17)4;1-3-7-12-10(5-1)9-11-6-2-4-8-13(11)12;1-2-4-5-3-1;/h5-10H,1-4H3;1-9H;1-3H,4H2;/q;2*-1;+2. The molecule has 0 bridgehead atoms. The van der Waals surface area contributed by atoms with Crippen molar-refractivity contribution in [2.75, 3.05) is 0 Å². The summed E-state index contributed by atoms with van der Waals surface area (Å²) in [7, 11) is 0. The Balaban J connectivity index is 0.000000146. The third-order valence-corrected chi connectivity index (χ3v) is 7.74. The van der Waals surface area contributed by atoms with E-state index < -0.39 is 0 Å². The van der Waals surface area contributed by atoms with E-state index in [1.165, 1.54) is 82.4 Å². The van der Waals surface area contributed by atoms with E-state index in [0.29, 0.717) is 0 Å². The van der Waals surface area contributed by atoms with E-state index in [4.69, 9.17) is 0 Å². The molecule has 0 fully saturated rings. The largest absolute Gasteiger partial charge is 0.273 e. The summed E-state index contributed by atoms with van der Waals surface area (Å²) in [6, 6.07) is 32.7. The van der Waals surface area contributed by atoms with Crippen LogP contribution in [-0.4, -0.2) is 3.21 Å². The Labute approximate surface area is 230 Å². The maximum atomic E-state index is 2.99. The minimum Gasteiger partial charge on any atom is -0.273 e. The molecule has 1 aliphatic rings.